The molecule has 120 valence electrons. The second kappa shape index (κ2) is 8.43. The summed E-state index contributed by atoms with van der Waals surface area (Å²) in [6.45, 7) is 3.36. The summed E-state index contributed by atoms with van der Waals surface area (Å²) in [6, 6.07) is 4.04. The van der Waals surface area contributed by atoms with Crippen LogP contribution in [0.2, 0.25) is 4.47 Å². The number of hydrogen-bond acceptors (Lipinski definition) is 6. The van der Waals surface area contributed by atoms with Crippen molar-refractivity contribution in [3.05, 3.63) is 39.4 Å². The molecule has 22 heavy (non-hydrogen) atoms. The van der Waals surface area contributed by atoms with Gasteiger partial charge < -0.3 is 14.4 Å². The monoisotopic (exact) mass is 341 g/mol. The van der Waals surface area contributed by atoms with Crippen molar-refractivity contribution in [1.82, 2.24) is 9.97 Å². The molecule has 0 aliphatic rings. The number of methoxy groups -OCH3 is 2. The Morgan fingerprint density at radius 3 is 2.68 bits per heavy atom. The van der Waals surface area contributed by atoms with Crippen LogP contribution in [0.5, 0.6) is 0 Å². The summed E-state index contributed by atoms with van der Waals surface area (Å²) in [5.74, 6) is 0.939. The lowest BCUT2D eigenvalue weighted by Gasteiger charge is -2.28. The van der Waals surface area contributed by atoms with E-state index in [0.717, 1.165) is 17.1 Å². The zero-order valence-electron chi connectivity index (χ0n) is 13.0. The minimum Gasteiger partial charge on any atom is -0.354 e. The molecule has 0 saturated heterocycles. The number of thiazole rings is 1. The Kier molecular flexibility index (Phi) is 6.57. The van der Waals surface area contributed by atoms with Crippen LogP contribution in [0.1, 0.15) is 17.4 Å². The Labute approximate surface area is 139 Å². The molecule has 2 heterocycles. The number of halogens is 1. The standard InChI is InChI=1S/C15H20ClN3O2S/c1-4-11-6-5-7-17-14(11)19(10-13(20-2)21-3)9-12-8-18-15(16)22-12/h5-8,13H,4,9-10H2,1-3H3. The number of anilines is 1. The Morgan fingerprint density at radius 1 is 1.32 bits per heavy atom. The maximum atomic E-state index is 5.93. The van der Waals surface area contributed by atoms with Gasteiger partial charge in [0.15, 0.2) is 10.8 Å². The highest BCUT2D eigenvalue weighted by atomic mass is 35.5. The quantitative estimate of drug-likeness (QED) is 0.689. The number of aryl methyl sites for hydroxylation is 1. The van der Waals surface area contributed by atoms with Crippen LogP contribution in [0.25, 0.3) is 0 Å². The van der Waals surface area contributed by atoms with E-state index in [2.05, 4.69) is 27.9 Å². The number of aromatic nitrogens is 2. The first kappa shape index (κ1) is 17.1. The van der Waals surface area contributed by atoms with Gasteiger partial charge >= 0.3 is 0 Å². The van der Waals surface area contributed by atoms with Crippen molar-refractivity contribution in [3.8, 4) is 0 Å². The number of hydrogen-bond donors (Lipinski definition) is 0. The molecule has 0 saturated carbocycles. The minimum atomic E-state index is -0.324. The van der Waals surface area contributed by atoms with Crippen molar-refractivity contribution >= 4 is 28.8 Å². The molecule has 2 aromatic heterocycles. The lowest BCUT2D eigenvalue weighted by molar-refractivity contribution is -0.0951. The third kappa shape index (κ3) is 4.39. The summed E-state index contributed by atoms with van der Waals surface area (Å²) < 4.78 is 11.2. The zero-order valence-corrected chi connectivity index (χ0v) is 14.5. The molecule has 0 aliphatic heterocycles. The molecule has 0 radical (unpaired) electrons. The van der Waals surface area contributed by atoms with Gasteiger partial charge in [-0.25, -0.2) is 9.97 Å². The fourth-order valence-electron chi connectivity index (χ4n) is 2.19. The van der Waals surface area contributed by atoms with Crippen LogP contribution in [-0.4, -0.2) is 37.0 Å². The van der Waals surface area contributed by atoms with E-state index >= 15 is 0 Å². The SMILES string of the molecule is CCc1cccnc1N(Cc1cnc(Cl)s1)CC(OC)OC. The number of rotatable bonds is 8. The highest BCUT2D eigenvalue weighted by Gasteiger charge is 2.18. The lowest BCUT2D eigenvalue weighted by Crippen LogP contribution is -2.35. The Balaban J connectivity index is 2.27. The van der Waals surface area contributed by atoms with Gasteiger partial charge in [0.05, 0.1) is 13.1 Å². The fourth-order valence-corrected chi connectivity index (χ4v) is 3.18. The van der Waals surface area contributed by atoms with E-state index in [0.29, 0.717) is 17.6 Å². The molecule has 7 heteroatoms. The van der Waals surface area contributed by atoms with Crippen LogP contribution in [0.3, 0.4) is 0 Å². The first-order valence-corrected chi connectivity index (χ1v) is 8.22. The molecule has 0 spiro atoms. The van der Waals surface area contributed by atoms with E-state index in [4.69, 9.17) is 21.1 Å². The highest BCUT2D eigenvalue weighted by Crippen LogP contribution is 2.24. The van der Waals surface area contributed by atoms with Gasteiger partial charge in [-0.15, -0.1) is 11.3 Å². The van der Waals surface area contributed by atoms with E-state index in [1.165, 1.54) is 16.9 Å². The van der Waals surface area contributed by atoms with Crippen molar-refractivity contribution in [3.63, 3.8) is 0 Å². The van der Waals surface area contributed by atoms with Gasteiger partial charge in [-0.1, -0.05) is 24.6 Å². The van der Waals surface area contributed by atoms with Gasteiger partial charge in [-0.05, 0) is 18.1 Å². The topological polar surface area (TPSA) is 47.5 Å². The molecule has 5 nitrogen and oxygen atoms in total. The molecule has 0 unspecified atom stereocenters. The second-order valence-electron chi connectivity index (χ2n) is 4.70. The fraction of sp³-hybridized carbons (Fsp3) is 0.467. The Morgan fingerprint density at radius 2 is 2.09 bits per heavy atom. The van der Waals surface area contributed by atoms with Gasteiger partial charge in [0.25, 0.3) is 0 Å². The molecule has 0 fully saturated rings. The van der Waals surface area contributed by atoms with Crippen LogP contribution in [0.4, 0.5) is 5.82 Å². The summed E-state index contributed by atoms with van der Waals surface area (Å²) in [5, 5.41) is 0. The summed E-state index contributed by atoms with van der Waals surface area (Å²) in [4.78, 5) is 11.9. The van der Waals surface area contributed by atoms with Gasteiger partial charge in [-0.2, -0.15) is 0 Å². The number of nitrogens with zero attached hydrogens (tertiary/aromatic N) is 3. The third-order valence-electron chi connectivity index (χ3n) is 3.32. The molecule has 2 rings (SSSR count). The van der Waals surface area contributed by atoms with E-state index < -0.39 is 0 Å². The van der Waals surface area contributed by atoms with Crippen molar-refractivity contribution in [2.75, 3.05) is 25.7 Å². The van der Waals surface area contributed by atoms with Crippen molar-refractivity contribution in [2.45, 2.75) is 26.2 Å². The van der Waals surface area contributed by atoms with Crippen LogP contribution in [0, 0.1) is 0 Å². The molecule has 0 bridgehead atoms. The van der Waals surface area contributed by atoms with Gasteiger partial charge in [0, 0.05) is 31.5 Å². The molecule has 2 aromatic rings. The van der Waals surface area contributed by atoms with Crippen molar-refractivity contribution in [1.29, 1.82) is 0 Å². The maximum Gasteiger partial charge on any atom is 0.183 e. The lowest BCUT2D eigenvalue weighted by atomic mass is 10.2. The Bertz CT molecular complexity index is 590. The smallest absolute Gasteiger partial charge is 0.183 e. The molecule has 0 aromatic carbocycles. The molecular formula is C15H20ClN3O2S. The molecule has 0 amide bonds. The summed E-state index contributed by atoms with van der Waals surface area (Å²) in [7, 11) is 3.27. The van der Waals surface area contributed by atoms with Crippen molar-refractivity contribution < 1.29 is 9.47 Å². The van der Waals surface area contributed by atoms with Gasteiger partial charge in [0.1, 0.15) is 5.82 Å². The maximum absolute atomic E-state index is 5.93. The van der Waals surface area contributed by atoms with Crippen LogP contribution < -0.4 is 4.90 Å². The number of pyridine rings is 1. The normalized spacial score (nSPS) is 11.1. The molecular weight excluding hydrogens is 322 g/mol. The second-order valence-corrected chi connectivity index (χ2v) is 6.40. The predicted octanol–water partition coefficient (Wildman–Crippen LogP) is 3.38. The van der Waals surface area contributed by atoms with Crippen molar-refractivity contribution in [2.24, 2.45) is 0 Å². The van der Waals surface area contributed by atoms with E-state index in [1.54, 1.807) is 26.6 Å². The zero-order chi connectivity index (χ0) is 15.9. The Hall–Kier alpha value is -1.21. The summed E-state index contributed by atoms with van der Waals surface area (Å²) in [5.41, 5.74) is 1.18. The first-order chi connectivity index (χ1) is 10.7. The van der Waals surface area contributed by atoms with Crippen LogP contribution in [0.15, 0.2) is 24.5 Å². The number of ether oxygens (including phenoxy) is 2. The molecule has 0 atom stereocenters. The largest absolute Gasteiger partial charge is 0.354 e. The average Bonchev–Trinajstić information content (AvgIpc) is 2.96. The molecule has 0 aliphatic carbocycles. The van der Waals surface area contributed by atoms with E-state index in [-0.39, 0.29) is 6.29 Å². The average molecular weight is 342 g/mol. The predicted molar refractivity (Wildman–Crippen MR) is 89.6 cm³/mol. The third-order valence-corrected chi connectivity index (χ3v) is 4.41. The summed E-state index contributed by atoms with van der Waals surface area (Å²) >= 11 is 7.40. The van der Waals surface area contributed by atoms with Crippen LogP contribution >= 0.6 is 22.9 Å². The van der Waals surface area contributed by atoms with E-state index in [9.17, 15) is 0 Å². The highest BCUT2D eigenvalue weighted by molar-refractivity contribution is 7.15. The summed E-state index contributed by atoms with van der Waals surface area (Å²) in [6.07, 6.45) is 4.18. The van der Waals surface area contributed by atoms with Crippen LogP contribution in [-0.2, 0) is 22.4 Å². The van der Waals surface area contributed by atoms with E-state index in [1.807, 2.05) is 6.07 Å². The molecule has 0 N–H and O–H groups in total. The first-order valence-electron chi connectivity index (χ1n) is 7.02. The van der Waals surface area contributed by atoms with Gasteiger partial charge in [-0.3, -0.25) is 0 Å². The van der Waals surface area contributed by atoms with Gasteiger partial charge in [0.2, 0.25) is 0 Å². The minimum absolute atomic E-state index is 0.324.